The SMILES string of the molecule is CCC1CCCC2(C1)CN(C(=O)OCCN(C)C)C(=O)O2. The Bertz CT molecular complexity index is 399. The molecule has 2 aliphatic rings. The number of carbonyl (C=O) groups excluding carboxylic acids is 2. The van der Waals surface area contributed by atoms with Gasteiger partial charge in [0.05, 0.1) is 6.54 Å². The summed E-state index contributed by atoms with van der Waals surface area (Å²) in [4.78, 5) is 27.0. The molecule has 6 nitrogen and oxygen atoms in total. The lowest BCUT2D eigenvalue weighted by Crippen LogP contribution is -2.41. The summed E-state index contributed by atoms with van der Waals surface area (Å²) in [5.74, 6) is 0.580. The zero-order valence-electron chi connectivity index (χ0n) is 13.3. The highest BCUT2D eigenvalue weighted by molar-refractivity contribution is 5.89. The topological polar surface area (TPSA) is 59.1 Å². The Morgan fingerprint density at radius 3 is 2.95 bits per heavy atom. The molecule has 1 saturated heterocycles. The summed E-state index contributed by atoms with van der Waals surface area (Å²) in [6.45, 7) is 3.41. The summed E-state index contributed by atoms with van der Waals surface area (Å²) in [6.07, 6.45) is 3.89. The zero-order chi connectivity index (χ0) is 15.5. The van der Waals surface area contributed by atoms with Crippen LogP contribution in [0.1, 0.15) is 39.0 Å². The fourth-order valence-electron chi connectivity index (χ4n) is 3.19. The summed E-state index contributed by atoms with van der Waals surface area (Å²) in [5, 5.41) is 0. The molecule has 0 aromatic carbocycles. The van der Waals surface area contributed by atoms with Crippen molar-refractivity contribution in [3.8, 4) is 0 Å². The fourth-order valence-corrected chi connectivity index (χ4v) is 3.19. The van der Waals surface area contributed by atoms with Crippen molar-refractivity contribution in [3.05, 3.63) is 0 Å². The Labute approximate surface area is 126 Å². The fraction of sp³-hybridized carbons (Fsp3) is 0.867. The molecule has 2 unspecified atom stereocenters. The summed E-state index contributed by atoms with van der Waals surface area (Å²) in [5.41, 5.74) is -0.476. The second kappa shape index (κ2) is 6.64. The molecule has 2 amide bonds. The van der Waals surface area contributed by atoms with Crippen molar-refractivity contribution in [1.29, 1.82) is 0 Å². The first-order valence-electron chi connectivity index (χ1n) is 7.78. The lowest BCUT2D eigenvalue weighted by molar-refractivity contribution is 0.00627. The van der Waals surface area contributed by atoms with Gasteiger partial charge in [0.2, 0.25) is 0 Å². The number of likely N-dealkylation sites (N-methyl/N-ethyl adjacent to an activating group) is 1. The van der Waals surface area contributed by atoms with Gasteiger partial charge in [0.15, 0.2) is 0 Å². The summed E-state index contributed by atoms with van der Waals surface area (Å²) in [6, 6.07) is 0. The van der Waals surface area contributed by atoms with E-state index in [4.69, 9.17) is 9.47 Å². The van der Waals surface area contributed by atoms with Gasteiger partial charge in [-0.25, -0.2) is 14.5 Å². The lowest BCUT2D eigenvalue weighted by atomic mass is 9.77. The quantitative estimate of drug-likeness (QED) is 0.798. The molecule has 0 bridgehead atoms. The van der Waals surface area contributed by atoms with Crippen LogP contribution in [0.25, 0.3) is 0 Å². The first kappa shape index (κ1) is 16.1. The molecule has 1 aliphatic carbocycles. The van der Waals surface area contributed by atoms with Gasteiger partial charge in [0, 0.05) is 6.54 Å². The Balaban J connectivity index is 1.91. The van der Waals surface area contributed by atoms with Crippen molar-refractivity contribution in [3.63, 3.8) is 0 Å². The third-order valence-corrected chi connectivity index (χ3v) is 4.44. The first-order valence-corrected chi connectivity index (χ1v) is 7.78. The minimum absolute atomic E-state index is 0.278. The predicted molar refractivity (Wildman–Crippen MR) is 78.1 cm³/mol. The molecule has 1 aliphatic heterocycles. The molecule has 0 aromatic heterocycles. The Hall–Kier alpha value is -1.30. The number of carbonyl (C=O) groups is 2. The Morgan fingerprint density at radius 1 is 1.52 bits per heavy atom. The van der Waals surface area contributed by atoms with Crippen molar-refractivity contribution in [2.75, 3.05) is 33.8 Å². The Morgan fingerprint density at radius 2 is 2.29 bits per heavy atom. The highest BCUT2D eigenvalue weighted by Gasteiger charge is 2.50. The van der Waals surface area contributed by atoms with Crippen molar-refractivity contribution < 1.29 is 19.1 Å². The maximum absolute atomic E-state index is 12.0. The number of ether oxygens (including phenoxy) is 2. The second-order valence-corrected chi connectivity index (χ2v) is 6.43. The van der Waals surface area contributed by atoms with E-state index in [1.165, 1.54) is 6.42 Å². The molecule has 120 valence electrons. The Kier molecular flexibility index (Phi) is 5.08. The third-order valence-electron chi connectivity index (χ3n) is 4.44. The molecular weight excluding hydrogens is 272 g/mol. The third kappa shape index (κ3) is 3.87. The second-order valence-electron chi connectivity index (χ2n) is 6.43. The van der Waals surface area contributed by atoms with Gasteiger partial charge in [-0.3, -0.25) is 0 Å². The maximum atomic E-state index is 12.0. The van der Waals surface area contributed by atoms with E-state index in [1.54, 1.807) is 0 Å². The van der Waals surface area contributed by atoms with Crippen LogP contribution in [0.2, 0.25) is 0 Å². The van der Waals surface area contributed by atoms with Crippen LogP contribution in [0.5, 0.6) is 0 Å². The molecule has 2 rings (SSSR count). The van der Waals surface area contributed by atoms with Crippen LogP contribution in [0.15, 0.2) is 0 Å². The normalized spacial score (nSPS) is 29.0. The molecule has 1 spiro atoms. The van der Waals surface area contributed by atoms with E-state index < -0.39 is 17.8 Å². The summed E-state index contributed by atoms with van der Waals surface area (Å²) >= 11 is 0. The number of amides is 2. The predicted octanol–water partition coefficient (Wildman–Crippen LogP) is 2.48. The average Bonchev–Trinajstić information content (AvgIpc) is 2.74. The summed E-state index contributed by atoms with van der Waals surface area (Å²) < 4.78 is 10.7. The van der Waals surface area contributed by atoms with E-state index in [1.807, 2.05) is 19.0 Å². The van der Waals surface area contributed by atoms with E-state index >= 15 is 0 Å². The molecular formula is C15H26N2O4. The standard InChI is InChI=1S/C15H26N2O4/c1-4-12-6-5-7-15(10-12)11-17(14(19)21-15)13(18)20-9-8-16(2)3/h12H,4-11H2,1-3H3. The first-order chi connectivity index (χ1) is 9.96. The lowest BCUT2D eigenvalue weighted by Gasteiger charge is -2.35. The number of nitrogens with zero attached hydrogens (tertiary/aromatic N) is 2. The van der Waals surface area contributed by atoms with Crippen LogP contribution in [-0.2, 0) is 9.47 Å². The van der Waals surface area contributed by atoms with Crippen LogP contribution in [0.4, 0.5) is 9.59 Å². The van der Waals surface area contributed by atoms with E-state index in [-0.39, 0.29) is 6.61 Å². The maximum Gasteiger partial charge on any atom is 0.420 e. The molecule has 2 atom stereocenters. The van der Waals surface area contributed by atoms with E-state index in [9.17, 15) is 9.59 Å². The molecule has 6 heteroatoms. The molecule has 1 heterocycles. The van der Waals surface area contributed by atoms with Crippen molar-refractivity contribution >= 4 is 12.2 Å². The van der Waals surface area contributed by atoms with Crippen LogP contribution in [-0.4, -0.2) is 61.4 Å². The molecule has 0 N–H and O–H groups in total. The van der Waals surface area contributed by atoms with Gasteiger partial charge >= 0.3 is 12.2 Å². The zero-order valence-corrected chi connectivity index (χ0v) is 13.3. The van der Waals surface area contributed by atoms with Crippen LogP contribution >= 0.6 is 0 Å². The highest BCUT2D eigenvalue weighted by atomic mass is 16.6. The van der Waals surface area contributed by atoms with Crippen molar-refractivity contribution in [2.24, 2.45) is 5.92 Å². The van der Waals surface area contributed by atoms with E-state index in [2.05, 4.69) is 6.92 Å². The number of rotatable bonds is 4. The number of imide groups is 1. The van der Waals surface area contributed by atoms with Crippen LogP contribution < -0.4 is 0 Å². The van der Waals surface area contributed by atoms with Gasteiger partial charge in [0.25, 0.3) is 0 Å². The van der Waals surface area contributed by atoms with Crippen molar-refractivity contribution in [2.45, 2.75) is 44.6 Å². The van der Waals surface area contributed by atoms with E-state index in [0.717, 1.165) is 30.6 Å². The molecule has 0 aromatic rings. The van der Waals surface area contributed by atoms with Gasteiger partial charge in [-0.15, -0.1) is 0 Å². The van der Waals surface area contributed by atoms with Gasteiger partial charge in [-0.05, 0) is 39.3 Å². The number of hydrogen-bond donors (Lipinski definition) is 0. The van der Waals surface area contributed by atoms with Gasteiger partial charge in [-0.1, -0.05) is 19.8 Å². The largest absolute Gasteiger partial charge is 0.448 e. The molecule has 21 heavy (non-hydrogen) atoms. The average molecular weight is 298 g/mol. The van der Waals surface area contributed by atoms with Crippen LogP contribution in [0.3, 0.4) is 0 Å². The molecule has 0 radical (unpaired) electrons. The van der Waals surface area contributed by atoms with Crippen LogP contribution in [0, 0.1) is 5.92 Å². The van der Waals surface area contributed by atoms with Crippen molar-refractivity contribution in [1.82, 2.24) is 9.80 Å². The van der Waals surface area contributed by atoms with Gasteiger partial charge < -0.3 is 14.4 Å². The summed E-state index contributed by atoms with van der Waals surface area (Å²) in [7, 11) is 3.81. The number of hydrogen-bond acceptors (Lipinski definition) is 5. The highest BCUT2D eigenvalue weighted by Crippen LogP contribution is 2.40. The minimum Gasteiger partial charge on any atom is -0.448 e. The monoisotopic (exact) mass is 298 g/mol. The minimum atomic E-state index is -0.586. The van der Waals surface area contributed by atoms with E-state index in [0.29, 0.717) is 19.0 Å². The molecule has 1 saturated carbocycles. The van der Waals surface area contributed by atoms with Gasteiger partial charge in [-0.2, -0.15) is 0 Å². The smallest absolute Gasteiger partial charge is 0.420 e. The van der Waals surface area contributed by atoms with Gasteiger partial charge in [0.1, 0.15) is 12.2 Å². The molecule has 2 fully saturated rings.